The van der Waals surface area contributed by atoms with Crippen LogP contribution in [0.4, 0.5) is 0 Å². The zero-order chi connectivity index (χ0) is 13.1. The van der Waals surface area contributed by atoms with Crippen molar-refractivity contribution in [1.29, 1.82) is 0 Å². The fourth-order valence-corrected chi connectivity index (χ4v) is 4.22. The van der Waals surface area contributed by atoms with Gasteiger partial charge < -0.3 is 0 Å². The first-order valence-corrected chi connectivity index (χ1v) is 8.19. The summed E-state index contributed by atoms with van der Waals surface area (Å²) in [5.74, 6) is 0.693. The molecule has 3 rings (SSSR count). The normalized spacial score (nSPS) is 20.8. The SMILES string of the molecule is Brc1ccc(CN2CCCC(Cn3cncn3)C2)s1. The molecule has 0 aromatic carbocycles. The van der Waals surface area contributed by atoms with Crippen LogP contribution < -0.4 is 0 Å². The Bertz CT molecular complexity index is 510. The highest BCUT2D eigenvalue weighted by Crippen LogP contribution is 2.25. The summed E-state index contributed by atoms with van der Waals surface area (Å²) in [5, 5.41) is 4.21. The Balaban J connectivity index is 1.55. The fourth-order valence-electron chi connectivity index (χ4n) is 2.69. The van der Waals surface area contributed by atoms with Crippen molar-refractivity contribution < 1.29 is 0 Å². The van der Waals surface area contributed by atoms with Crippen LogP contribution in [-0.2, 0) is 13.1 Å². The molecule has 19 heavy (non-hydrogen) atoms. The Morgan fingerprint density at radius 3 is 3.11 bits per heavy atom. The van der Waals surface area contributed by atoms with E-state index in [2.05, 4.69) is 43.0 Å². The molecule has 0 N–H and O–H groups in total. The Hall–Kier alpha value is -0.720. The summed E-state index contributed by atoms with van der Waals surface area (Å²) in [6.07, 6.45) is 6.01. The number of thiophene rings is 1. The molecule has 1 fully saturated rings. The highest BCUT2D eigenvalue weighted by atomic mass is 79.9. The van der Waals surface area contributed by atoms with E-state index in [-0.39, 0.29) is 0 Å². The van der Waals surface area contributed by atoms with E-state index in [4.69, 9.17) is 0 Å². The van der Waals surface area contributed by atoms with Crippen LogP contribution in [0.25, 0.3) is 0 Å². The number of rotatable bonds is 4. The van der Waals surface area contributed by atoms with Crippen LogP contribution in [0.15, 0.2) is 28.6 Å². The monoisotopic (exact) mass is 340 g/mol. The maximum atomic E-state index is 4.21. The highest BCUT2D eigenvalue weighted by molar-refractivity contribution is 9.11. The first-order chi connectivity index (χ1) is 9.29. The highest BCUT2D eigenvalue weighted by Gasteiger charge is 2.20. The molecule has 6 heteroatoms. The van der Waals surface area contributed by atoms with Gasteiger partial charge in [0.1, 0.15) is 12.7 Å². The van der Waals surface area contributed by atoms with Gasteiger partial charge in [0, 0.05) is 24.5 Å². The lowest BCUT2D eigenvalue weighted by atomic mass is 9.98. The Kier molecular flexibility index (Phi) is 4.30. The topological polar surface area (TPSA) is 34.0 Å². The third-order valence-corrected chi connectivity index (χ3v) is 5.13. The van der Waals surface area contributed by atoms with Crippen molar-refractivity contribution in [3.05, 3.63) is 33.5 Å². The van der Waals surface area contributed by atoms with E-state index in [1.54, 1.807) is 6.33 Å². The van der Waals surface area contributed by atoms with Crippen LogP contribution in [0.5, 0.6) is 0 Å². The number of likely N-dealkylation sites (tertiary alicyclic amines) is 1. The molecule has 102 valence electrons. The average molecular weight is 341 g/mol. The second-order valence-corrected chi connectivity index (χ2v) is 7.61. The van der Waals surface area contributed by atoms with E-state index in [0.29, 0.717) is 5.92 Å². The lowest BCUT2D eigenvalue weighted by molar-refractivity contribution is 0.154. The molecule has 0 bridgehead atoms. The van der Waals surface area contributed by atoms with Gasteiger partial charge in [0.2, 0.25) is 0 Å². The van der Waals surface area contributed by atoms with Gasteiger partial charge in [0.15, 0.2) is 0 Å². The summed E-state index contributed by atoms with van der Waals surface area (Å²) in [4.78, 5) is 8.01. The van der Waals surface area contributed by atoms with Crippen molar-refractivity contribution in [3.8, 4) is 0 Å². The molecule has 1 aliphatic rings. The third-order valence-electron chi connectivity index (χ3n) is 3.52. The smallest absolute Gasteiger partial charge is 0.137 e. The first-order valence-electron chi connectivity index (χ1n) is 6.58. The lowest BCUT2D eigenvalue weighted by Crippen LogP contribution is -2.36. The van der Waals surface area contributed by atoms with Gasteiger partial charge in [-0.2, -0.15) is 5.10 Å². The lowest BCUT2D eigenvalue weighted by Gasteiger charge is -2.32. The van der Waals surface area contributed by atoms with Gasteiger partial charge in [-0.25, -0.2) is 4.98 Å². The summed E-state index contributed by atoms with van der Waals surface area (Å²) in [6, 6.07) is 4.35. The zero-order valence-corrected chi connectivity index (χ0v) is 13.1. The molecule has 0 saturated carbocycles. The van der Waals surface area contributed by atoms with Crippen LogP contribution in [0.3, 0.4) is 0 Å². The first kappa shape index (κ1) is 13.3. The van der Waals surface area contributed by atoms with Gasteiger partial charge >= 0.3 is 0 Å². The second-order valence-electron chi connectivity index (χ2n) is 5.07. The van der Waals surface area contributed by atoms with Crippen LogP contribution in [0.1, 0.15) is 17.7 Å². The molecule has 0 radical (unpaired) electrons. The summed E-state index contributed by atoms with van der Waals surface area (Å²) >= 11 is 5.37. The number of aromatic nitrogens is 3. The van der Waals surface area contributed by atoms with Crippen molar-refractivity contribution in [2.75, 3.05) is 13.1 Å². The van der Waals surface area contributed by atoms with Crippen molar-refractivity contribution in [2.45, 2.75) is 25.9 Å². The van der Waals surface area contributed by atoms with E-state index in [9.17, 15) is 0 Å². The predicted octanol–water partition coefficient (Wildman–Crippen LogP) is 3.01. The Morgan fingerprint density at radius 1 is 1.42 bits per heavy atom. The molecule has 2 aromatic rings. The number of hydrogen-bond acceptors (Lipinski definition) is 4. The van der Waals surface area contributed by atoms with E-state index >= 15 is 0 Å². The maximum absolute atomic E-state index is 4.21. The molecule has 0 aliphatic carbocycles. The molecule has 4 nitrogen and oxygen atoms in total. The molecule has 1 saturated heterocycles. The second kappa shape index (κ2) is 6.15. The van der Waals surface area contributed by atoms with E-state index in [0.717, 1.165) is 19.6 Å². The van der Waals surface area contributed by atoms with Gasteiger partial charge in [-0.15, -0.1) is 11.3 Å². The fraction of sp³-hybridized carbons (Fsp3) is 0.538. The number of nitrogens with zero attached hydrogens (tertiary/aromatic N) is 4. The summed E-state index contributed by atoms with van der Waals surface area (Å²) in [6.45, 7) is 4.44. The number of piperidine rings is 1. The summed E-state index contributed by atoms with van der Waals surface area (Å²) in [5.41, 5.74) is 0. The van der Waals surface area contributed by atoms with Crippen molar-refractivity contribution in [3.63, 3.8) is 0 Å². The molecule has 3 heterocycles. The molecular formula is C13H17BrN4S. The van der Waals surface area contributed by atoms with Crippen LogP contribution in [-0.4, -0.2) is 32.8 Å². The van der Waals surface area contributed by atoms with Crippen LogP contribution >= 0.6 is 27.3 Å². The molecular weight excluding hydrogens is 324 g/mol. The Labute approximate surface area is 125 Å². The molecule has 2 aromatic heterocycles. The minimum Gasteiger partial charge on any atom is -0.298 e. The van der Waals surface area contributed by atoms with E-state index < -0.39 is 0 Å². The van der Waals surface area contributed by atoms with Gasteiger partial charge in [-0.05, 0) is 53.4 Å². The largest absolute Gasteiger partial charge is 0.298 e. The molecule has 0 spiro atoms. The summed E-state index contributed by atoms with van der Waals surface area (Å²) < 4.78 is 3.18. The predicted molar refractivity (Wildman–Crippen MR) is 80.0 cm³/mol. The number of hydrogen-bond donors (Lipinski definition) is 0. The zero-order valence-electron chi connectivity index (χ0n) is 10.7. The van der Waals surface area contributed by atoms with Crippen LogP contribution in [0.2, 0.25) is 0 Å². The Morgan fingerprint density at radius 2 is 2.37 bits per heavy atom. The molecule has 1 unspecified atom stereocenters. The standard InChI is InChI=1S/C13H17BrN4S/c14-13-4-3-12(19-13)8-17-5-1-2-11(6-17)7-18-10-15-9-16-18/h3-4,9-11H,1-2,5-8H2. The molecule has 1 atom stereocenters. The minimum atomic E-state index is 0.693. The van der Waals surface area contributed by atoms with E-state index in [1.807, 2.05) is 22.3 Å². The average Bonchev–Trinajstić information content (AvgIpc) is 3.02. The van der Waals surface area contributed by atoms with Crippen molar-refractivity contribution >= 4 is 27.3 Å². The summed E-state index contributed by atoms with van der Waals surface area (Å²) in [7, 11) is 0. The number of halogens is 1. The van der Waals surface area contributed by atoms with Gasteiger partial charge in [0.05, 0.1) is 3.79 Å². The minimum absolute atomic E-state index is 0.693. The van der Waals surface area contributed by atoms with Gasteiger partial charge in [-0.3, -0.25) is 9.58 Å². The molecule has 1 aliphatic heterocycles. The van der Waals surface area contributed by atoms with E-state index in [1.165, 1.54) is 28.0 Å². The van der Waals surface area contributed by atoms with Gasteiger partial charge in [-0.1, -0.05) is 0 Å². The quantitative estimate of drug-likeness (QED) is 0.857. The third kappa shape index (κ3) is 3.64. The maximum Gasteiger partial charge on any atom is 0.137 e. The molecule has 0 amide bonds. The van der Waals surface area contributed by atoms with Crippen molar-refractivity contribution in [2.24, 2.45) is 5.92 Å². The van der Waals surface area contributed by atoms with Crippen LogP contribution in [0, 0.1) is 5.92 Å². The van der Waals surface area contributed by atoms with Gasteiger partial charge in [0.25, 0.3) is 0 Å². The van der Waals surface area contributed by atoms with Crippen molar-refractivity contribution in [1.82, 2.24) is 19.7 Å².